The smallest absolute Gasteiger partial charge is 0.319 e. The Balaban J connectivity index is 2.32. The van der Waals surface area contributed by atoms with Crippen molar-refractivity contribution in [3.05, 3.63) is 59.3 Å². The monoisotopic (exact) mass is 365 g/mol. The number of aliphatic hydroxyl groups excluding tert-OH is 1. The average Bonchev–Trinajstić information content (AvgIpc) is 2.60. The third-order valence-corrected chi connectivity index (χ3v) is 3.98. The molecule has 5 nitrogen and oxygen atoms in total. The molecule has 0 aromatic heterocycles. The number of benzene rings is 1. The fourth-order valence-electron chi connectivity index (χ4n) is 2.19. The number of amides is 2. The molecule has 138 valence electrons. The van der Waals surface area contributed by atoms with Crippen LogP contribution >= 0.6 is 11.6 Å². The van der Waals surface area contributed by atoms with E-state index in [0.717, 1.165) is 24.7 Å². The van der Waals surface area contributed by atoms with E-state index in [4.69, 9.17) is 11.6 Å². The van der Waals surface area contributed by atoms with Crippen molar-refractivity contribution in [2.75, 3.05) is 19.6 Å². The lowest BCUT2D eigenvalue weighted by Gasteiger charge is -2.20. The van der Waals surface area contributed by atoms with E-state index >= 15 is 0 Å². The highest BCUT2D eigenvalue weighted by Crippen LogP contribution is 2.11. The van der Waals surface area contributed by atoms with E-state index in [-0.39, 0.29) is 6.03 Å². The number of urea groups is 1. The van der Waals surface area contributed by atoms with E-state index in [9.17, 15) is 9.90 Å². The second kappa shape index (κ2) is 11.7. The van der Waals surface area contributed by atoms with Crippen molar-refractivity contribution in [3.63, 3.8) is 0 Å². The van der Waals surface area contributed by atoms with Gasteiger partial charge in [0.2, 0.25) is 0 Å². The normalized spacial score (nSPS) is 12.8. The van der Waals surface area contributed by atoms with Crippen molar-refractivity contribution in [2.45, 2.75) is 32.9 Å². The maximum atomic E-state index is 11.9. The van der Waals surface area contributed by atoms with Gasteiger partial charge in [0.15, 0.2) is 0 Å². The Hall–Kier alpha value is -1.82. The first-order valence-corrected chi connectivity index (χ1v) is 8.81. The van der Waals surface area contributed by atoms with Gasteiger partial charge in [0.1, 0.15) is 0 Å². The number of allylic oxidation sites excluding steroid dienone is 1. The van der Waals surface area contributed by atoms with Crippen LogP contribution in [0.2, 0.25) is 5.02 Å². The van der Waals surface area contributed by atoms with Gasteiger partial charge in [-0.05, 0) is 37.6 Å². The molecule has 0 heterocycles. The van der Waals surface area contributed by atoms with Crippen molar-refractivity contribution in [3.8, 4) is 0 Å². The van der Waals surface area contributed by atoms with Gasteiger partial charge in [-0.25, -0.2) is 4.79 Å². The van der Waals surface area contributed by atoms with Crippen LogP contribution in [0.3, 0.4) is 0 Å². The third-order valence-electron chi connectivity index (χ3n) is 3.73. The molecule has 1 aromatic carbocycles. The number of carbonyl (C=O) groups is 1. The molecule has 2 amide bonds. The molecule has 1 rings (SSSR count). The van der Waals surface area contributed by atoms with Gasteiger partial charge in [-0.3, -0.25) is 4.90 Å². The fraction of sp³-hybridized carbons (Fsp3) is 0.421. The van der Waals surface area contributed by atoms with Gasteiger partial charge < -0.3 is 15.7 Å². The summed E-state index contributed by atoms with van der Waals surface area (Å²) in [6.07, 6.45) is 3.07. The number of nitrogens with zero attached hydrogens (tertiary/aromatic N) is 1. The van der Waals surface area contributed by atoms with E-state index < -0.39 is 6.10 Å². The van der Waals surface area contributed by atoms with E-state index in [0.29, 0.717) is 18.7 Å². The highest BCUT2D eigenvalue weighted by molar-refractivity contribution is 6.30. The number of hydrogen-bond donors (Lipinski definition) is 3. The molecule has 1 unspecified atom stereocenters. The fourth-order valence-corrected chi connectivity index (χ4v) is 2.32. The van der Waals surface area contributed by atoms with E-state index in [1.54, 1.807) is 13.0 Å². The van der Waals surface area contributed by atoms with Gasteiger partial charge in [0.25, 0.3) is 0 Å². The van der Waals surface area contributed by atoms with Gasteiger partial charge in [0, 0.05) is 30.4 Å². The van der Waals surface area contributed by atoms with Gasteiger partial charge in [-0.2, -0.15) is 0 Å². The second-order valence-corrected chi connectivity index (χ2v) is 6.24. The summed E-state index contributed by atoms with van der Waals surface area (Å²) < 4.78 is 0. The van der Waals surface area contributed by atoms with Crippen LogP contribution in [0.15, 0.2) is 48.7 Å². The van der Waals surface area contributed by atoms with Crippen LogP contribution in [0.4, 0.5) is 4.79 Å². The second-order valence-electron chi connectivity index (χ2n) is 5.80. The molecule has 0 aliphatic carbocycles. The Labute approximate surface area is 155 Å². The molecule has 6 heteroatoms. The SMILES string of the molecule is C=CC(O)C/C=C(\C)NC(=O)NCCN(CC)Cc1ccc(Cl)cc1. The van der Waals surface area contributed by atoms with Crippen molar-refractivity contribution in [2.24, 2.45) is 0 Å². The van der Waals surface area contributed by atoms with Crippen molar-refractivity contribution in [1.29, 1.82) is 0 Å². The lowest BCUT2D eigenvalue weighted by atomic mass is 10.2. The standard InChI is InChI=1S/C19H28ClN3O2/c1-4-18(24)11-6-15(3)22-19(25)21-12-13-23(5-2)14-16-7-9-17(20)10-8-16/h4,6-10,18,24H,1,5,11-14H2,2-3H3,(H2,21,22,25)/b15-6+. The zero-order chi connectivity index (χ0) is 18.7. The predicted molar refractivity (Wildman–Crippen MR) is 104 cm³/mol. The summed E-state index contributed by atoms with van der Waals surface area (Å²) in [6.45, 7) is 10.4. The van der Waals surface area contributed by atoms with E-state index in [2.05, 4.69) is 29.0 Å². The summed E-state index contributed by atoms with van der Waals surface area (Å²) >= 11 is 5.90. The first-order chi connectivity index (χ1) is 11.9. The molecule has 3 N–H and O–H groups in total. The minimum absolute atomic E-state index is 0.246. The zero-order valence-corrected chi connectivity index (χ0v) is 15.7. The molecule has 1 atom stereocenters. The number of nitrogens with one attached hydrogen (secondary N) is 2. The largest absolute Gasteiger partial charge is 0.389 e. The highest BCUT2D eigenvalue weighted by atomic mass is 35.5. The molecule has 0 radical (unpaired) electrons. The quantitative estimate of drug-likeness (QED) is 0.557. The third kappa shape index (κ3) is 9.29. The Morgan fingerprint density at radius 3 is 2.68 bits per heavy atom. The van der Waals surface area contributed by atoms with E-state index in [1.807, 2.05) is 24.3 Å². The van der Waals surface area contributed by atoms with Crippen molar-refractivity contribution >= 4 is 17.6 Å². The van der Waals surface area contributed by atoms with Crippen LogP contribution in [0.5, 0.6) is 0 Å². The lowest BCUT2D eigenvalue weighted by molar-refractivity contribution is 0.226. The Kier molecular flexibility index (Phi) is 9.92. The number of hydrogen-bond acceptors (Lipinski definition) is 3. The van der Waals surface area contributed by atoms with Crippen molar-refractivity contribution in [1.82, 2.24) is 15.5 Å². The summed E-state index contributed by atoms with van der Waals surface area (Å²) in [5.41, 5.74) is 1.89. The number of aliphatic hydroxyl groups is 1. The molecule has 1 aromatic rings. The number of carbonyl (C=O) groups excluding carboxylic acids is 1. The van der Waals surface area contributed by atoms with Gasteiger partial charge in [-0.15, -0.1) is 6.58 Å². The Morgan fingerprint density at radius 2 is 2.08 bits per heavy atom. The number of likely N-dealkylation sites (N-methyl/N-ethyl adjacent to an activating group) is 1. The molecular weight excluding hydrogens is 338 g/mol. The minimum atomic E-state index is -0.592. The maximum Gasteiger partial charge on any atom is 0.319 e. The molecule has 0 aliphatic heterocycles. The van der Waals surface area contributed by atoms with Crippen molar-refractivity contribution < 1.29 is 9.90 Å². The van der Waals surface area contributed by atoms with Crippen LogP contribution < -0.4 is 10.6 Å². The molecule has 25 heavy (non-hydrogen) atoms. The Bertz CT molecular complexity index is 573. The zero-order valence-electron chi connectivity index (χ0n) is 15.0. The number of rotatable bonds is 10. The summed E-state index contributed by atoms with van der Waals surface area (Å²) in [4.78, 5) is 14.1. The number of halogens is 1. The van der Waals surface area contributed by atoms with Gasteiger partial charge >= 0.3 is 6.03 Å². The summed E-state index contributed by atoms with van der Waals surface area (Å²) in [6, 6.07) is 7.54. The molecule has 0 fully saturated rings. The highest BCUT2D eigenvalue weighted by Gasteiger charge is 2.06. The molecular formula is C19H28ClN3O2. The van der Waals surface area contributed by atoms with Crippen LogP contribution in [0, 0.1) is 0 Å². The summed E-state index contributed by atoms with van der Waals surface area (Å²) in [5, 5.41) is 15.7. The Morgan fingerprint density at radius 1 is 1.40 bits per heavy atom. The van der Waals surface area contributed by atoms with E-state index in [1.165, 1.54) is 11.6 Å². The van der Waals surface area contributed by atoms with Crippen LogP contribution in [0.1, 0.15) is 25.8 Å². The molecule has 0 saturated carbocycles. The average molecular weight is 366 g/mol. The molecule has 0 aliphatic rings. The predicted octanol–water partition coefficient (Wildman–Crippen LogP) is 3.30. The molecule has 0 saturated heterocycles. The lowest BCUT2D eigenvalue weighted by Crippen LogP contribution is -2.39. The molecule has 0 bridgehead atoms. The first-order valence-electron chi connectivity index (χ1n) is 8.43. The van der Waals surface area contributed by atoms with Crippen LogP contribution in [0.25, 0.3) is 0 Å². The summed E-state index contributed by atoms with van der Waals surface area (Å²) in [7, 11) is 0. The minimum Gasteiger partial charge on any atom is -0.389 e. The topological polar surface area (TPSA) is 64.6 Å². The van der Waals surface area contributed by atoms with Gasteiger partial charge in [-0.1, -0.05) is 42.8 Å². The van der Waals surface area contributed by atoms with Crippen LogP contribution in [-0.2, 0) is 6.54 Å². The maximum absolute atomic E-state index is 11.9. The summed E-state index contributed by atoms with van der Waals surface area (Å²) in [5.74, 6) is 0. The first kappa shape index (κ1) is 21.2. The van der Waals surface area contributed by atoms with Gasteiger partial charge in [0.05, 0.1) is 6.10 Å². The molecule has 0 spiro atoms. The van der Waals surface area contributed by atoms with Crippen LogP contribution in [-0.4, -0.2) is 41.8 Å².